The summed E-state index contributed by atoms with van der Waals surface area (Å²) in [7, 11) is 3.19. The number of fused-ring (bicyclic) bond motifs is 1. The first kappa shape index (κ1) is 18.4. The van der Waals surface area contributed by atoms with E-state index in [-0.39, 0.29) is 23.3 Å². The number of rotatable bonds is 4. The molecule has 3 heterocycles. The van der Waals surface area contributed by atoms with Crippen LogP contribution in [0.4, 0.5) is 5.82 Å². The monoisotopic (exact) mass is 380 g/mol. The maximum Gasteiger partial charge on any atom is 0.332 e. The van der Waals surface area contributed by atoms with E-state index < -0.39 is 0 Å². The molecule has 4 rings (SSSR count). The molecule has 2 aromatic heterocycles. The van der Waals surface area contributed by atoms with Crippen molar-refractivity contribution < 1.29 is 0 Å². The van der Waals surface area contributed by atoms with Gasteiger partial charge >= 0.3 is 5.69 Å². The Morgan fingerprint density at radius 1 is 1.14 bits per heavy atom. The van der Waals surface area contributed by atoms with E-state index >= 15 is 0 Å². The van der Waals surface area contributed by atoms with Crippen molar-refractivity contribution in [1.29, 1.82) is 0 Å². The Hall–Kier alpha value is -3.00. The van der Waals surface area contributed by atoms with Gasteiger partial charge in [0.05, 0.1) is 22.9 Å². The second-order valence-electron chi connectivity index (χ2n) is 7.34. The summed E-state index contributed by atoms with van der Waals surface area (Å²) >= 11 is 0. The minimum Gasteiger partial charge on any atom is -0.356 e. The summed E-state index contributed by atoms with van der Waals surface area (Å²) in [5.41, 5.74) is 2.08. The predicted octanol–water partition coefficient (Wildman–Crippen LogP) is 0.957. The summed E-state index contributed by atoms with van der Waals surface area (Å²) < 4.78 is 2.65. The van der Waals surface area contributed by atoms with Crippen LogP contribution in [0.5, 0.6) is 0 Å². The Morgan fingerprint density at radius 3 is 2.68 bits per heavy atom. The van der Waals surface area contributed by atoms with Gasteiger partial charge in [-0.1, -0.05) is 12.1 Å². The van der Waals surface area contributed by atoms with Crippen LogP contribution in [-0.4, -0.2) is 38.2 Å². The number of hydrogen-bond acceptors (Lipinski definition) is 6. The Labute approximate surface area is 162 Å². The van der Waals surface area contributed by atoms with Crippen LogP contribution in [0.15, 0.2) is 46.1 Å². The molecule has 1 aromatic carbocycles. The van der Waals surface area contributed by atoms with Crippen molar-refractivity contribution in [3.05, 3.63) is 63.1 Å². The highest BCUT2D eigenvalue weighted by Gasteiger charge is 2.26. The first-order chi connectivity index (χ1) is 13.4. The van der Waals surface area contributed by atoms with Crippen LogP contribution in [0, 0.1) is 0 Å². The Balaban J connectivity index is 1.49. The normalized spacial score (nSPS) is 18.0. The fourth-order valence-electron chi connectivity index (χ4n) is 3.75. The fraction of sp³-hybridized carbons (Fsp3) is 0.400. The first-order valence-electron chi connectivity index (χ1n) is 9.44. The molecule has 1 fully saturated rings. The van der Waals surface area contributed by atoms with Crippen LogP contribution in [0.1, 0.15) is 25.1 Å². The molecule has 1 unspecified atom stereocenters. The number of nitrogens with zero attached hydrogens (tertiary/aromatic N) is 5. The number of anilines is 1. The Kier molecular flexibility index (Phi) is 4.72. The summed E-state index contributed by atoms with van der Waals surface area (Å²) in [4.78, 5) is 35.5. The van der Waals surface area contributed by atoms with E-state index in [1.54, 1.807) is 7.05 Å². The van der Waals surface area contributed by atoms with Crippen LogP contribution in [0.25, 0.3) is 11.0 Å². The van der Waals surface area contributed by atoms with Crippen LogP contribution in [0.3, 0.4) is 0 Å². The van der Waals surface area contributed by atoms with Gasteiger partial charge < -0.3 is 10.2 Å². The van der Waals surface area contributed by atoms with Gasteiger partial charge in [0, 0.05) is 45.3 Å². The Bertz CT molecular complexity index is 1140. The molecule has 146 valence electrons. The van der Waals surface area contributed by atoms with Crippen LogP contribution >= 0.6 is 0 Å². The van der Waals surface area contributed by atoms with E-state index in [0.717, 1.165) is 40.8 Å². The number of benzene rings is 1. The molecular weight excluding hydrogens is 356 g/mol. The molecule has 0 saturated carbocycles. The SMILES string of the molecule is CC(N[C@H]1CCN(c2cc(=O)n(C)c(=O)n2C)C1)c1cnc2ccccc2n1. The minimum atomic E-state index is -0.307. The molecular formula is C20H24N6O2. The fourth-order valence-corrected chi connectivity index (χ4v) is 3.75. The van der Waals surface area contributed by atoms with E-state index in [9.17, 15) is 9.59 Å². The highest BCUT2D eigenvalue weighted by Crippen LogP contribution is 2.20. The van der Waals surface area contributed by atoms with Crippen LogP contribution in [-0.2, 0) is 14.1 Å². The standard InChI is InChI=1S/C20H24N6O2/c1-13(17-11-21-15-6-4-5-7-16(15)23-17)22-14-8-9-26(12-14)18-10-19(27)25(3)20(28)24(18)2/h4-7,10-11,13-14,22H,8-9,12H2,1-3H3/t13?,14-/m0/s1. The third-order valence-corrected chi connectivity index (χ3v) is 5.41. The number of aromatic nitrogens is 4. The largest absolute Gasteiger partial charge is 0.356 e. The zero-order chi connectivity index (χ0) is 19.8. The van der Waals surface area contributed by atoms with Gasteiger partial charge in [-0.25, -0.2) is 9.78 Å². The summed E-state index contributed by atoms with van der Waals surface area (Å²) in [6.45, 7) is 3.59. The minimum absolute atomic E-state index is 0.0505. The van der Waals surface area contributed by atoms with Gasteiger partial charge in [0.1, 0.15) is 5.82 Å². The summed E-state index contributed by atoms with van der Waals surface area (Å²) in [6.07, 6.45) is 2.74. The molecule has 2 atom stereocenters. The molecule has 0 aliphatic carbocycles. The maximum atomic E-state index is 12.2. The van der Waals surface area contributed by atoms with E-state index in [1.165, 1.54) is 17.7 Å². The summed E-state index contributed by atoms with van der Waals surface area (Å²) in [5, 5.41) is 3.60. The number of para-hydroxylation sites is 2. The molecule has 0 radical (unpaired) electrons. The first-order valence-corrected chi connectivity index (χ1v) is 9.44. The van der Waals surface area contributed by atoms with Crippen LogP contribution < -0.4 is 21.5 Å². The third kappa shape index (κ3) is 3.31. The third-order valence-electron chi connectivity index (χ3n) is 5.41. The maximum absolute atomic E-state index is 12.2. The molecule has 1 saturated heterocycles. The zero-order valence-corrected chi connectivity index (χ0v) is 16.3. The second kappa shape index (κ2) is 7.20. The molecule has 0 spiro atoms. The van der Waals surface area contributed by atoms with Gasteiger partial charge in [0.2, 0.25) is 0 Å². The Morgan fingerprint density at radius 2 is 1.89 bits per heavy atom. The molecule has 0 amide bonds. The number of nitrogens with one attached hydrogen (secondary N) is 1. The van der Waals surface area contributed by atoms with Crippen LogP contribution in [0.2, 0.25) is 0 Å². The van der Waals surface area contributed by atoms with Gasteiger partial charge in [-0.05, 0) is 25.5 Å². The zero-order valence-electron chi connectivity index (χ0n) is 16.3. The highest BCUT2D eigenvalue weighted by molar-refractivity contribution is 5.73. The predicted molar refractivity (Wildman–Crippen MR) is 109 cm³/mol. The molecule has 3 aromatic rings. The molecule has 1 N–H and O–H groups in total. The summed E-state index contributed by atoms with van der Waals surface area (Å²) in [5.74, 6) is 0.663. The molecule has 8 heteroatoms. The van der Waals surface area contributed by atoms with Crippen molar-refractivity contribution >= 4 is 16.9 Å². The number of hydrogen-bond donors (Lipinski definition) is 1. The van der Waals surface area contributed by atoms with E-state index in [1.807, 2.05) is 30.5 Å². The molecule has 1 aliphatic rings. The molecule has 1 aliphatic heterocycles. The van der Waals surface area contributed by atoms with Crippen molar-refractivity contribution in [1.82, 2.24) is 24.4 Å². The van der Waals surface area contributed by atoms with E-state index in [0.29, 0.717) is 5.82 Å². The lowest BCUT2D eigenvalue weighted by Crippen LogP contribution is -2.41. The highest BCUT2D eigenvalue weighted by atomic mass is 16.2. The average Bonchev–Trinajstić information content (AvgIpc) is 3.16. The lowest BCUT2D eigenvalue weighted by molar-refractivity contribution is 0.473. The van der Waals surface area contributed by atoms with Crippen molar-refractivity contribution in [2.24, 2.45) is 14.1 Å². The molecule has 0 bridgehead atoms. The van der Waals surface area contributed by atoms with Gasteiger partial charge in [0.25, 0.3) is 5.56 Å². The quantitative estimate of drug-likeness (QED) is 0.726. The second-order valence-corrected chi connectivity index (χ2v) is 7.34. The summed E-state index contributed by atoms with van der Waals surface area (Å²) in [6, 6.07) is 9.65. The lowest BCUT2D eigenvalue weighted by atomic mass is 10.2. The smallest absolute Gasteiger partial charge is 0.332 e. The van der Waals surface area contributed by atoms with Crippen molar-refractivity contribution in [2.45, 2.75) is 25.4 Å². The van der Waals surface area contributed by atoms with Crippen molar-refractivity contribution in [2.75, 3.05) is 18.0 Å². The van der Waals surface area contributed by atoms with E-state index in [4.69, 9.17) is 4.98 Å². The van der Waals surface area contributed by atoms with Crippen molar-refractivity contribution in [3.63, 3.8) is 0 Å². The van der Waals surface area contributed by atoms with Crippen molar-refractivity contribution in [3.8, 4) is 0 Å². The molecule has 8 nitrogen and oxygen atoms in total. The molecule has 28 heavy (non-hydrogen) atoms. The van der Waals surface area contributed by atoms with Gasteiger partial charge in [0.15, 0.2) is 0 Å². The topological polar surface area (TPSA) is 85.0 Å². The van der Waals surface area contributed by atoms with E-state index in [2.05, 4.69) is 22.1 Å². The average molecular weight is 380 g/mol. The van der Waals surface area contributed by atoms with Gasteiger partial charge in [-0.15, -0.1) is 0 Å². The van der Waals surface area contributed by atoms with Gasteiger partial charge in [-0.2, -0.15) is 0 Å². The van der Waals surface area contributed by atoms with Gasteiger partial charge in [-0.3, -0.25) is 18.9 Å². The lowest BCUT2D eigenvalue weighted by Gasteiger charge is -2.23.